The second-order valence-corrected chi connectivity index (χ2v) is 9.42. The number of imide groups is 1. The fraction of sp³-hybridized carbons (Fsp3) is 0.400. The average molecular weight is 516 g/mol. The van der Waals surface area contributed by atoms with E-state index in [0.29, 0.717) is 11.3 Å². The smallest absolute Gasteiger partial charge is 0.388 e. The summed E-state index contributed by atoms with van der Waals surface area (Å²) in [6.45, 7) is 1.90. The standard InChI is InChI=1S/C25H27F2N5O5/c1-14(2)16-6-4-5-7-17(16)25(12-32(13-25)20(34)11-31-10-19(33)30-24(31)36)22(35)29-18-9-8-15(3)28-21(18)37-23(26)27/h4-9,14,23H,10-13H2,1-3H3,(H,29,35)(H,30,33,36). The van der Waals surface area contributed by atoms with Crippen LogP contribution in [0.5, 0.6) is 5.88 Å². The van der Waals surface area contributed by atoms with Crippen molar-refractivity contribution in [1.29, 1.82) is 0 Å². The zero-order valence-electron chi connectivity index (χ0n) is 20.6. The number of aryl methyl sites for hydroxylation is 1. The molecule has 0 atom stereocenters. The molecule has 2 saturated heterocycles. The minimum Gasteiger partial charge on any atom is -0.415 e. The summed E-state index contributed by atoms with van der Waals surface area (Å²) in [4.78, 5) is 56.5. The van der Waals surface area contributed by atoms with Gasteiger partial charge in [-0.05, 0) is 36.1 Å². The van der Waals surface area contributed by atoms with Crippen LogP contribution in [-0.2, 0) is 19.8 Å². The first-order valence-corrected chi connectivity index (χ1v) is 11.7. The highest BCUT2D eigenvalue weighted by Gasteiger charge is 2.53. The highest BCUT2D eigenvalue weighted by molar-refractivity contribution is 6.05. The molecule has 196 valence electrons. The monoisotopic (exact) mass is 515 g/mol. The molecule has 0 unspecified atom stereocenters. The molecular formula is C25H27F2N5O5. The summed E-state index contributed by atoms with van der Waals surface area (Å²) in [5.41, 5.74) is 0.831. The topological polar surface area (TPSA) is 121 Å². The van der Waals surface area contributed by atoms with E-state index in [4.69, 9.17) is 0 Å². The fourth-order valence-corrected chi connectivity index (χ4v) is 4.57. The van der Waals surface area contributed by atoms with E-state index >= 15 is 0 Å². The molecule has 2 aliphatic heterocycles. The highest BCUT2D eigenvalue weighted by Crippen LogP contribution is 2.40. The maximum atomic E-state index is 13.8. The molecule has 0 spiro atoms. The fourth-order valence-electron chi connectivity index (χ4n) is 4.57. The van der Waals surface area contributed by atoms with Crippen molar-refractivity contribution >= 4 is 29.4 Å². The van der Waals surface area contributed by atoms with Crippen LogP contribution < -0.4 is 15.4 Å². The van der Waals surface area contributed by atoms with E-state index in [1.54, 1.807) is 19.1 Å². The second kappa shape index (κ2) is 10.1. The van der Waals surface area contributed by atoms with Crippen molar-refractivity contribution in [3.8, 4) is 5.88 Å². The van der Waals surface area contributed by atoms with Gasteiger partial charge in [0, 0.05) is 18.8 Å². The largest absolute Gasteiger partial charge is 0.415 e. The molecule has 1 aromatic carbocycles. The molecule has 37 heavy (non-hydrogen) atoms. The first-order valence-electron chi connectivity index (χ1n) is 11.7. The van der Waals surface area contributed by atoms with Crippen LogP contribution >= 0.6 is 0 Å². The van der Waals surface area contributed by atoms with Crippen molar-refractivity contribution in [3.63, 3.8) is 0 Å². The maximum absolute atomic E-state index is 13.8. The molecule has 1 aromatic heterocycles. The molecule has 3 heterocycles. The van der Waals surface area contributed by atoms with Crippen LogP contribution in [0.3, 0.4) is 0 Å². The van der Waals surface area contributed by atoms with Gasteiger partial charge < -0.3 is 19.9 Å². The van der Waals surface area contributed by atoms with Gasteiger partial charge in [-0.1, -0.05) is 38.1 Å². The number of urea groups is 1. The number of benzene rings is 1. The van der Waals surface area contributed by atoms with E-state index in [1.807, 2.05) is 32.0 Å². The van der Waals surface area contributed by atoms with Gasteiger partial charge in [-0.15, -0.1) is 0 Å². The number of amides is 5. The number of likely N-dealkylation sites (tertiary alicyclic amines) is 1. The third-order valence-corrected chi connectivity index (χ3v) is 6.45. The summed E-state index contributed by atoms with van der Waals surface area (Å²) in [5.74, 6) is -1.77. The molecule has 12 heteroatoms. The van der Waals surface area contributed by atoms with E-state index in [2.05, 4.69) is 20.4 Å². The number of hydrogen-bond donors (Lipinski definition) is 2. The van der Waals surface area contributed by atoms with Gasteiger partial charge in [0.25, 0.3) is 0 Å². The van der Waals surface area contributed by atoms with Gasteiger partial charge >= 0.3 is 12.6 Å². The Balaban J connectivity index is 1.62. The Morgan fingerprint density at radius 2 is 1.86 bits per heavy atom. The molecule has 2 N–H and O–H groups in total. The van der Waals surface area contributed by atoms with Crippen molar-refractivity contribution < 1.29 is 32.7 Å². The highest BCUT2D eigenvalue weighted by atomic mass is 19.3. The Morgan fingerprint density at radius 3 is 2.49 bits per heavy atom. The summed E-state index contributed by atoms with van der Waals surface area (Å²) in [6, 6.07) is 9.71. The van der Waals surface area contributed by atoms with Crippen molar-refractivity contribution in [2.75, 3.05) is 31.5 Å². The predicted octanol–water partition coefficient (Wildman–Crippen LogP) is 2.39. The number of alkyl halides is 2. The van der Waals surface area contributed by atoms with Crippen LogP contribution in [0.4, 0.5) is 19.3 Å². The first kappa shape index (κ1) is 26.0. The van der Waals surface area contributed by atoms with Crippen LogP contribution in [0.25, 0.3) is 0 Å². The summed E-state index contributed by atoms with van der Waals surface area (Å²) >= 11 is 0. The molecule has 5 amide bonds. The molecule has 2 aliphatic rings. The van der Waals surface area contributed by atoms with E-state index in [0.717, 1.165) is 10.5 Å². The summed E-state index contributed by atoms with van der Waals surface area (Å²) in [7, 11) is 0. The summed E-state index contributed by atoms with van der Waals surface area (Å²) in [5, 5.41) is 4.80. The Morgan fingerprint density at radius 1 is 1.16 bits per heavy atom. The van der Waals surface area contributed by atoms with Crippen molar-refractivity contribution in [2.45, 2.75) is 38.7 Å². The number of halogens is 2. The first-order chi connectivity index (χ1) is 17.5. The number of hydrogen-bond acceptors (Lipinski definition) is 6. The normalized spacial score (nSPS) is 16.6. The lowest BCUT2D eigenvalue weighted by molar-refractivity contribution is -0.144. The number of ether oxygens (including phenoxy) is 1. The number of aromatic nitrogens is 1. The Kier molecular flexibility index (Phi) is 7.10. The van der Waals surface area contributed by atoms with Crippen LogP contribution in [0.1, 0.15) is 36.6 Å². The average Bonchev–Trinajstić information content (AvgIpc) is 3.11. The van der Waals surface area contributed by atoms with Crippen LogP contribution in [0.15, 0.2) is 36.4 Å². The Labute approximate surface area is 212 Å². The molecule has 2 aromatic rings. The molecule has 10 nitrogen and oxygen atoms in total. The lowest BCUT2D eigenvalue weighted by Crippen LogP contribution is -2.67. The van der Waals surface area contributed by atoms with Gasteiger partial charge in [-0.25, -0.2) is 9.78 Å². The quantitative estimate of drug-likeness (QED) is 0.521. The van der Waals surface area contributed by atoms with Crippen LogP contribution in [-0.4, -0.2) is 71.3 Å². The number of carbonyl (C=O) groups excluding carboxylic acids is 4. The number of pyridine rings is 1. The molecule has 2 fully saturated rings. The summed E-state index contributed by atoms with van der Waals surface area (Å²) in [6.07, 6.45) is 0. The predicted molar refractivity (Wildman–Crippen MR) is 128 cm³/mol. The Hall–Kier alpha value is -4.09. The minimum atomic E-state index is -3.13. The summed E-state index contributed by atoms with van der Waals surface area (Å²) < 4.78 is 30.5. The van der Waals surface area contributed by atoms with Crippen LogP contribution in [0.2, 0.25) is 0 Å². The third-order valence-electron chi connectivity index (χ3n) is 6.45. The van der Waals surface area contributed by atoms with Gasteiger partial charge in [0.1, 0.15) is 24.2 Å². The number of nitrogens with one attached hydrogen (secondary N) is 2. The zero-order chi connectivity index (χ0) is 26.9. The SMILES string of the molecule is Cc1ccc(NC(=O)C2(c3ccccc3C(C)C)CN(C(=O)CN3CC(=O)NC3=O)C2)c(OC(F)F)n1. The molecule has 4 rings (SSSR count). The lowest BCUT2D eigenvalue weighted by Gasteiger charge is -2.50. The number of rotatable bonds is 8. The molecule has 0 saturated carbocycles. The lowest BCUT2D eigenvalue weighted by atomic mass is 9.69. The van der Waals surface area contributed by atoms with Gasteiger partial charge in [-0.2, -0.15) is 8.78 Å². The van der Waals surface area contributed by atoms with Crippen molar-refractivity contribution in [1.82, 2.24) is 20.1 Å². The van der Waals surface area contributed by atoms with E-state index in [1.165, 1.54) is 11.0 Å². The minimum absolute atomic E-state index is 0.00483. The van der Waals surface area contributed by atoms with Crippen LogP contribution in [0, 0.1) is 6.92 Å². The number of nitrogens with zero attached hydrogens (tertiary/aromatic N) is 3. The zero-order valence-corrected chi connectivity index (χ0v) is 20.6. The number of carbonyl (C=O) groups is 4. The van der Waals surface area contributed by atoms with Gasteiger partial charge in [-0.3, -0.25) is 19.7 Å². The van der Waals surface area contributed by atoms with Gasteiger partial charge in [0.2, 0.25) is 23.6 Å². The van der Waals surface area contributed by atoms with E-state index < -0.39 is 41.7 Å². The third kappa shape index (κ3) is 5.23. The Bertz CT molecular complexity index is 1250. The van der Waals surface area contributed by atoms with Gasteiger partial charge in [0.15, 0.2) is 0 Å². The number of anilines is 1. The van der Waals surface area contributed by atoms with Crippen molar-refractivity contribution in [3.05, 3.63) is 53.2 Å². The van der Waals surface area contributed by atoms with E-state index in [-0.39, 0.29) is 37.8 Å². The maximum Gasteiger partial charge on any atom is 0.388 e. The van der Waals surface area contributed by atoms with Gasteiger partial charge in [0.05, 0.1) is 0 Å². The molecule has 0 bridgehead atoms. The van der Waals surface area contributed by atoms with Crippen molar-refractivity contribution in [2.24, 2.45) is 0 Å². The molecule has 0 radical (unpaired) electrons. The second-order valence-electron chi connectivity index (χ2n) is 9.42. The van der Waals surface area contributed by atoms with E-state index in [9.17, 15) is 28.0 Å². The molecular weight excluding hydrogens is 488 g/mol. The molecule has 0 aliphatic carbocycles.